The minimum absolute atomic E-state index is 0.667. The molecule has 1 aromatic heterocycles. The normalized spacial score (nSPS) is 24.1. The number of fused-ring (bicyclic) bond motifs is 1. The van der Waals surface area contributed by atoms with Crippen LogP contribution in [0.1, 0.15) is 24.1 Å². The van der Waals surface area contributed by atoms with Crippen LogP contribution in [0.25, 0.3) is 0 Å². The summed E-state index contributed by atoms with van der Waals surface area (Å²) >= 11 is 0. The second-order valence-electron chi connectivity index (χ2n) is 5.30. The van der Waals surface area contributed by atoms with Gasteiger partial charge in [-0.05, 0) is 26.3 Å². The Morgan fingerprint density at radius 3 is 2.94 bits per heavy atom. The topological polar surface area (TPSA) is 48.1 Å². The van der Waals surface area contributed by atoms with Crippen molar-refractivity contribution in [1.29, 1.82) is 5.26 Å². The number of nitriles is 1. The Labute approximate surface area is 108 Å². The number of rotatable bonds is 1. The third kappa shape index (κ3) is 1.68. The first kappa shape index (κ1) is 11.5. The maximum atomic E-state index is 9.29. The van der Waals surface area contributed by atoms with Gasteiger partial charge in [-0.25, -0.2) is 0 Å². The van der Waals surface area contributed by atoms with Crippen LogP contribution in [0, 0.1) is 18.3 Å². The highest BCUT2D eigenvalue weighted by Crippen LogP contribution is 2.28. The molecule has 18 heavy (non-hydrogen) atoms. The summed E-state index contributed by atoms with van der Waals surface area (Å²) in [6.07, 6.45) is 2.60. The van der Waals surface area contributed by atoms with E-state index in [4.69, 9.17) is 0 Å². The standard InChI is InChI=1S/C13H19N5/c1-10-12(8-14)13(16(2)15-10)18-7-6-17-5-3-4-11(17)9-18/h11H,3-7,9H2,1-2H3. The van der Waals surface area contributed by atoms with E-state index >= 15 is 0 Å². The molecule has 1 atom stereocenters. The van der Waals surface area contributed by atoms with Gasteiger partial charge in [0.15, 0.2) is 0 Å². The van der Waals surface area contributed by atoms with Gasteiger partial charge >= 0.3 is 0 Å². The Morgan fingerprint density at radius 2 is 2.17 bits per heavy atom. The number of hydrogen-bond donors (Lipinski definition) is 0. The fourth-order valence-electron chi connectivity index (χ4n) is 3.32. The smallest absolute Gasteiger partial charge is 0.145 e. The van der Waals surface area contributed by atoms with Gasteiger partial charge in [-0.15, -0.1) is 0 Å². The zero-order chi connectivity index (χ0) is 12.7. The molecule has 0 aromatic carbocycles. The molecule has 0 aliphatic carbocycles. The number of nitrogens with zero attached hydrogens (tertiary/aromatic N) is 5. The zero-order valence-corrected chi connectivity index (χ0v) is 11.1. The van der Waals surface area contributed by atoms with Gasteiger partial charge in [-0.1, -0.05) is 0 Å². The van der Waals surface area contributed by atoms with Crippen molar-refractivity contribution < 1.29 is 0 Å². The van der Waals surface area contributed by atoms with Gasteiger partial charge in [0.1, 0.15) is 17.5 Å². The van der Waals surface area contributed by atoms with Crippen molar-refractivity contribution in [1.82, 2.24) is 14.7 Å². The van der Waals surface area contributed by atoms with Crippen LogP contribution >= 0.6 is 0 Å². The molecule has 1 unspecified atom stereocenters. The molecule has 96 valence electrons. The van der Waals surface area contributed by atoms with E-state index in [1.807, 2.05) is 18.7 Å². The highest BCUT2D eigenvalue weighted by Gasteiger charge is 2.32. The van der Waals surface area contributed by atoms with Crippen molar-refractivity contribution in [3.63, 3.8) is 0 Å². The average Bonchev–Trinajstić information content (AvgIpc) is 2.91. The lowest BCUT2D eigenvalue weighted by atomic mass is 10.1. The van der Waals surface area contributed by atoms with Gasteiger partial charge in [0, 0.05) is 32.7 Å². The molecule has 3 rings (SSSR count). The van der Waals surface area contributed by atoms with Crippen molar-refractivity contribution in [2.45, 2.75) is 25.8 Å². The Balaban J connectivity index is 1.89. The molecule has 2 aliphatic rings. The van der Waals surface area contributed by atoms with E-state index in [0.29, 0.717) is 6.04 Å². The summed E-state index contributed by atoms with van der Waals surface area (Å²) in [5.41, 5.74) is 1.58. The first-order valence-corrected chi connectivity index (χ1v) is 6.63. The fourth-order valence-corrected chi connectivity index (χ4v) is 3.32. The van der Waals surface area contributed by atoms with E-state index in [-0.39, 0.29) is 0 Å². The average molecular weight is 245 g/mol. The summed E-state index contributed by atoms with van der Waals surface area (Å²) in [6.45, 7) is 6.31. The van der Waals surface area contributed by atoms with Crippen LogP contribution in [0.2, 0.25) is 0 Å². The second-order valence-corrected chi connectivity index (χ2v) is 5.30. The third-order valence-electron chi connectivity index (χ3n) is 4.19. The highest BCUT2D eigenvalue weighted by molar-refractivity contribution is 5.57. The van der Waals surface area contributed by atoms with E-state index in [1.165, 1.54) is 19.4 Å². The SMILES string of the molecule is Cc1nn(C)c(N2CCN3CCCC3C2)c1C#N. The Kier molecular flexibility index (Phi) is 2.75. The van der Waals surface area contributed by atoms with Gasteiger partial charge in [-0.3, -0.25) is 9.58 Å². The predicted octanol–water partition coefficient (Wildman–Crippen LogP) is 0.885. The summed E-state index contributed by atoms with van der Waals surface area (Å²) < 4.78 is 1.86. The molecule has 2 aliphatic heterocycles. The van der Waals surface area contributed by atoms with E-state index < -0.39 is 0 Å². The van der Waals surface area contributed by atoms with Crippen molar-refractivity contribution in [2.24, 2.45) is 7.05 Å². The maximum absolute atomic E-state index is 9.29. The van der Waals surface area contributed by atoms with E-state index in [9.17, 15) is 5.26 Å². The summed E-state index contributed by atoms with van der Waals surface area (Å²) in [5.74, 6) is 1.00. The summed E-state index contributed by atoms with van der Waals surface area (Å²) in [4.78, 5) is 4.91. The molecule has 3 heterocycles. The molecular formula is C13H19N5. The van der Waals surface area contributed by atoms with Crippen molar-refractivity contribution in [2.75, 3.05) is 31.1 Å². The number of aromatic nitrogens is 2. The van der Waals surface area contributed by atoms with Crippen LogP contribution in [0.5, 0.6) is 0 Å². The second kappa shape index (κ2) is 4.29. The lowest BCUT2D eigenvalue weighted by molar-refractivity contribution is 0.229. The van der Waals surface area contributed by atoms with Crippen molar-refractivity contribution >= 4 is 5.82 Å². The number of piperazine rings is 1. The fraction of sp³-hybridized carbons (Fsp3) is 0.692. The molecule has 2 fully saturated rings. The van der Waals surface area contributed by atoms with Gasteiger partial charge in [0.05, 0.1) is 5.69 Å². The van der Waals surface area contributed by atoms with E-state index in [1.54, 1.807) is 0 Å². The Hall–Kier alpha value is -1.54. The molecule has 0 saturated carbocycles. The molecule has 0 bridgehead atoms. The van der Waals surface area contributed by atoms with Crippen LogP contribution in [0.3, 0.4) is 0 Å². The zero-order valence-electron chi connectivity index (χ0n) is 11.1. The lowest BCUT2D eigenvalue weighted by Gasteiger charge is -2.38. The van der Waals surface area contributed by atoms with Crippen LogP contribution in [-0.2, 0) is 7.05 Å². The van der Waals surface area contributed by atoms with Crippen LogP contribution in [-0.4, -0.2) is 46.9 Å². The number of aryl methyl sites for hydroxylation is 2. The predicted molar refractivity (Wildman–Crippen MR) is 69.5 cm³/mol. The van der Waals surface area contributed by atoms with Crippen LogP contribution < -0.4 is 4.90 Å². The minimum atomic E-state index is 0.667. The van der Waals surface area contributed by atoms with Crippen LogP contribution in [0.15, 0.2) is 0 Å². The highest BCUT2D eigenvalue weighted by atomic mass is 15.4. The van der Waals surface area contributed by atoms with Gasteiger partial charge < -0.3 is 4.90 Å². The third-order valence-corrected chi connectivity index (χ3v) is 4.19. The summed E-state index contributed by atoms with van der Waals surface area (Å²) in [6, 6.07) is 2.97. The van der Waals surface area contributed by atoms with Gasteiger partial charge in [0.2, 0.25) is 0 Å². The molecular weight excluding hydrogens is 226 g/mol. The van der Waals surface area contributed by atoms with E-state index in [0.717, 1.165) is 36.7 Å². The van der Waals surface area contributed by atoms with Gasteiger partial charge in [-0.2, -0.15) is 10.4 Å². The quantitative estimate of drug-likeness (QED) is 0.737. The molecule has 0 radical (unpaired) electrons. The molecule has 1 aromatic rings. The molecule has 0 N–H and O–H groups in total. The molecule has 0 spiro atoms. The summed E-state index contributed by atoms with van der Waals surface area (Å²) in [5, 5.41) is 13.7. The first-order valence-electron chi connectivity index (χ1n) is 6.63. The summed E-state index contributed by atoms with van der Waals surface area (Å²) in [7, 11) is 1.93. The van der Waals surface area contributed by atoms with E-state index in [2.05, 4.69) is 21.0 Å². The molecule has 5 heteroatoms. The Bertz CT molecular complexity index is 498. The molecule has 5 nitrogen and oxygen atoms in total. The number of anilines is 1. The molecule has 2 saturated heterocycles. The first-order chi connectivity index (χ1) is 8.70. The minimum Gasteiger partial charge on any atom is -0.353 e. The largest absolute Gasteiger partial charge is 0.353 e. The maximum Gasteiger partial charge on any atom is 0.145 e. The van der Waals surface area contributed by atoms with Crippen molar-refractivity contribution in [3.05, 3.63) is 11.3 Å². The number of hydrogen-bond acceptors (Lipinski definition) is 4. The molecule has 0 amide bonds. The van der Waals surface area contributed by atoms with Crippen LogP contribution in [0.4, 0.5) is 5.82 Å². The lowest BCUT2D eigenvalue weighted by Crippen LogP contribution is -2.50. The Morgan fingerprint density at radius 1 is 1.33 bits per heavy atom. The van der Waals surface area contributed by atoms with Gasteiger partial charge in [0.25, 0.3) is 0 Å². The monoisotopic (exact) mass is 245 g/mol. The van der Waals surface area contributed by atoms with Crippen molar-refractivity contribution in [3.8, 4) is 6.07 Å².